The fourth-order valence-corrected chi connectivity index (χ4v) is 3.87. The highest BCUT2D eigenvalue weighted by Crippen LogP contribution is 2.26. The summed E-state index contributed by atoms with van der Waals surface area (Å²) < 4.78 is 10.6. The second-order valence-electron chi connectivity index (χ2n) is 6.77. The molecule has 172 valence electrons. The van der Waals surface area contributed by atoms with Crippen LogP contribution in [0.4, 0.5) is 11.4 Å². The first-order valence-corrected chi connectivity index (χ1v) is 11.0. The maximum absolute atomic E-state index is 11.6. The van der Waals surface area contributed by atoms with Crippen molar-refractivity contribution in [3.05, 3.63) is 67.5 Å². The molecule has 2 aromatic heterocycles. The average Bonchev–Trinajstić information content (AvgIpc) is 3.35. The first-order valence-electron chi connectivity index (χ1n) is 9.93. The topological polar surface area (TPSA) is 153 Å². The van der Waals surface area contributed by atoms with Crippen LogP contribution in [0.1, 0.15) is 34.8 Å². The maximum Gasteiger partial charge on any atom is 0.355 e. The number of carbonyl (C=O) groups excluding carboxylic acids is 2. The van der Waals surface area contributed by atoms with Crippen molar-refractivity contribution < 1.29 is 24.0 Å². The van der Waals surface area contributed by atoms with E-state index in [1.165, 1.54) is 12.1 Å². The van der Waals surface area contributed by atoms with Crippen LogP contribution in [-0.4, -0.2) is 40.0 Å². The molecule has 4 aromatic rings. The summed E-state index contributed by atoms with van der Waals surface area (Å²) in [6.45, 7) is 4.15. The van der Waals surface area contributed by atoms with E-state index >= 15 is 0 Å². The molecule has 33 heavy (non-hydrogen) atoms. The molecule has 0 saturated heterocycles. The molecule has 0 aliphatic carbocycles. The van der Waals surface area contributed by atoms with Gasteiger partial charge in [-0.1, -0.05) is 0 Å². The predicted molar refractivity (Wildman–Crippen MR) is 132 cm³/mol. The van der Waals surface area contributed by atoms with Gasteiger partial charge in [0, 0.05) is 39.6 Å². The number of halogens is 1. The third-order valence-corrected chi connectivity index (χ3v) is 5.67. The lowest BCUT2D eigenvalue weighted by Gasteiger charge is -1.98. The van der Waals surface area contributed by atoms with Crippen LogP contribution in [0.5, 0.6) is 0 Å². The van der Waals surface area contributed by atoms with E-state index in [-0.39, 0.29) is 18.3 Å². The number of nitro groups is 1. The van der Waals surface area contributed by atoms with Gasteiger partial charge in [-0.05, 0) is 66.8 Å². The molecule has 10 nitrogen and oxygen atoms in total. The molecular formula is C22H21IN4O6. The Bertz CT molecular complexity index is 1340. The zero-order valence-corrected chi connectivity index (χ0v) is 20.0. The highest BCUT2D eigenvalue weighted by Gasteiger charge is 2.17. The molecule has 0 atom stereocenters. The molecule has 0 unspecified atom stereocenters. The number of nitrogens with one attached hydrogen (secondary N) is 2. The van der Waals surface area contributed by atoms with Crippen molar-refractivity contribution in [2.24, 2.45) is 0 Å². The van der Waals surface area contributed by atoms with Crippen LogP contribution in [0.25, 0.3) is 21.8 Å². The normalized spacial score (nSPS) is 10.5. The molecule has 2 heterocycles. The summed E-state index contributed by atoms with van der Waals surface area (Å²) in [5, 5.41) is 12.2. The van der Waals surface area contributed by atoms with Crippen LogP contribution in [0.3, 0.4) is 0 Å². The highest BCUT2D eigenvalue weighted by atomic mass is 127. The van der Waals surface area contributed by atoms with Crippen molar-refractivity contribution in [3.8, 4) is 0 Å². The lowest BCUT2D eigenvalue weighted by Crippen LogP contribution is -2.06. The number of nitrogens with two attached hydrogens (primary N) is 1. The van der Waals surface area contributed by atoms with E-state index in [0.29, 0.717) is 34.6 Å². The van der Waals surface area contributed by atoms with Gasteiger partial charge >= 0.3 is 11.9 Å². The molecule has 0 fully saturated rings. The number of fused-ring (bicyclic) bond motifs is 2. The molecule has 0 spiro atoms. The summed E-state index contributed by atoms with van der Waals surface area (Å²) in [7, 11) is 0. The van der Waals surface area contributed by atoms with E-state index in [1.54, 1.807) is 32.0 Å². The number of esters is 2. The summed E-state index contributed by atoms with van der Waals surface area (Å²) in [5.74, 6) is -0.798. The number of benzene rings is 2. The molecule has 0 aliphatic heterocycles. The molecule has 0 aliphatic rings. The van der Waals surface area contributed by atoms with Gasteiger partial charge < -0.3 is 25.2 Å². The molecule has 0 saturated carbocycles. The number of carbonyl (C=O) groups is 2. The van der Waals surface area contributed by atoms with E-state index in [4.69, 9.17) is 15.2 Å². The van der Waals surface area contributed by atoms with Crippen molar-refractivity contribution in [2.45, 2.75) is 13.8 Å². The number of H-pyrrole nitrogens is 2. The lowest BCUT2D eigenvalue weighted by molar-refractivity contribution is -0.384. The lowest BCUT2D eigenvalue weighted by atomic mass is 10.2. The van der Waals surface area contributed by atoms with Gasteiger partial charge in [0.2, 0.25) is 0 Å². The fourth-order valence-electron chi connectivity index (χ4n) is 3.07. The van der Waals surface area contributed by atoms with Gasteiger partial charge in [-0.2, -0.15) is 0 Å². The van der Waals surface area contributed by atoms with E-state index < -0.39 is 10.9 Å². The SMILES string of the molecule is CCOC(=O)c1[nH]c2ccc(N)cc2c1I.CCOC(=O)c1cc2cc([N+](=O)[O-])ccc2[nH]1. The smallest absolute Gasteiger partial charge is 0.355 e. The van der Waals surface area contributed by atoms with Crippen molar-refractivity contribution in [1.29, 1.82) is 0 Å². The van der Waals surface area contributed by atoms with Crippen LogP contribution in [-0.2, 0) is 9.47 Å². The minimum absolute atomic E-state index is 0.00749. The van der Waals surface area contributed by atoms with Gasteiger partial charge in [0.05, 0.1) is 21.7 Å². The number of aromatic amines is 2. The molecular weight excluding hydrogens is 543 g/mol. The Balaban J connectivity index is 0.000000186. The number of hydrogen-bond acceptors (Lipinski definition) is 7. The zero-order valence-electron chi connectivity index (χ0n) is 17.8. The van der Waals surface area contributed by atoms with Crippen molar-refractivity contribution in [2.75, 3.05) is 18.9 Å². The Morgan fingerprint density at radius 2 is 1.67 bits per heavy atom. The maximum atomic E-state index is 11.6. The Labute approximate surface area is 201 Å². The largest absolute Gasteiger partial charge is 0.461 e. The number of nitro benzene ring substituents is 1. The first-order chi connectivity index (χ1) is 15.7. The molecule has 11 heteroatoms. The summed E-state index contributed by atoms with van der Waals surface area (Å²) >= 11 is 2.12. The number of non-ortho nitro benzene ring substituents is 1. The van der Waals surface area contributed by atoms with Gasteiger partial charge in [0.1, 0.15) is 11.4 Å². The minimum atomic E-state index is -0.476. The van der Waals surface area contributed by atoms with E-state index in [0.717, 1.165) is 14.5 Å². The van der Waals surface area contributed by atoms with E-state index in [9.17, 15) is 19.7 Å². The third kappa shape index (κ3) is 5.42. The number of rotatable bonds is 5. The molecule has 4 rings (SSSR count). The standard InChI is InChI=1S/C11H11IN2O2.C11H10N2O4/c1-2-16-11(15)10-9(12)7-5-6(13)3-4-8(7)14-10;1-2-17-11(14)10-6-7-5-8(13(15)16)3-4-9(7)12-10/h3-5,14H,2,13H2,1H3;3-6,12H,2H2,1H3. The van der Waals surface area contributed by atoms with Gasteiger partial charge in [-0.15, -0.1) is 0 Å². The van der Waals surface area contributed by atoms with Crippen LogP contribution in [0.2, 0.25) is 0 Å². The number of ether oxygens (including phenoxy) is 2. The Kier molecular flexibility index (Phi) is 7.53. The number of nitrogen functional groups attached to an aromatic ring is 1. The number of anilines is 1. The Morgan fingerprint density at radius 3 is 2.33 bits per heavy atom. The Morgan fingerprint density at radius 1 is 1.00 bits per heavy atom. The molecule has 2 aromatic carbocycles. The number of nitrogens with zero attached hydrogens (tertiary/aromatic N) is 1. The molecule has 0 amide bonds. The molecule has 4 N–H and O–H groups in total. The minimum Gasteiger partial charge on any atom is -0.461 e. The van der Waals surface area contributed by atoms with Crippen molar-refractivity contribution in [1.82, 2.24) is 9.97 Å². The van der Waals surface area contributed by atoms with Crippen molar-refractivity contribution >= 4 is 67.7 Å². The second-order valence-corrected chi connectivity index (χ2v) is 7.85. The predicted octanol–water partition coefficient (Wildman–Crippen LogP) is 4.78. The second kappa shape index (κ2) is 10.3. The molecule has 0 radical (unpaired) electrons. The zero-order chi connectivity index (χ0) is 24.1. The van der Waals surface area contributed by atoms with E-state index in [1.807, 2.05) is 12.1 Å². The van der Waals surface area contributed by atoms with Crippen LogP contribution in [0, 0.1) is 13.7 Å². The fraction of sp³-hybridized carbons (Fsp3) is 0.182. The third-order valence-electron chi connectivity index (χ3n) is 4.55. The summed E-state index contributed by atoms with van der Waals surface area (Å²) in [6, 6.07) is 11.4. The first kappa shape index (κ1) is 24.0. The summed E-state index contributed by atoms with van der Waals surface area (Å²) in [4.78, 5) is 39.1. The molecule has 0 bridgehead atoms. The summed E-state index contributed by atoms with van der Waals surface area (Å²) in [6.07, 6.45) is 0. The van der Waals surface area contributed by atoms with Gasteiger partial charge in [-0.25, -0.2) is 9.59 Å². The number of aromatic nitrogens is 2. The summed E-state index contributed by atoms with van der Waals surface area (Å²) in [5.41, 5.74) is 8.71. The highest BCUT2D eigenvalue weighted by molar-refractivity contribution is 14.1. The van der Waals surface area contributed by atoms with Gasteiger partial charge in [0.25, 0.3) is 5.69 Å². The Hall–Kier alpha value is -3.61. The quantitative estimate of drug-likeness (QED) is 0.104. The van der Waals surface area contributed by atoms with Crippen LogP contribution >= 0.6 is 22.6 Å². The van der Waals surface area contributed by atoms with Crippen LogP contribution < -0.4 is 5.73 Å². The monoisotopic (exact) mass is 564 g/mol. The average molecular weight is 564 g/mol. The van der Waals surface area contributed by atoms with Gasteiger partial charge in [0.15, 0.2) is 0 Å². The van der Waals surface area contributed by atoms with E-state index in [2.05, 4.69) is 32.6 Å². The number of hydrogen-bond donors (Lipinski definition) is 3. The van der Waals surface area contributed by atoms with Crippen molar-refractivity contribution in [3.63, 3.8) is 0 Å². The van der Waals surface area contributed by atoms with Gasteiger partial charge in [-0.3, -0.25) is 10.1 Å². The van der Waals surface area contributed by atoms with Crippen LogP contribution in [0.15, 0.2) is 42.5 Å².